The SMILES string of the molecule is C=CCOC(=O)c1sc(NC(=O)C(C)Sc2cc(C)ncn2)nc1C. The molecule has 9 heteroatoms. The fraction of sp³-hybridized carbons (Fsp3) is 0.312. The van der Waals surface area contributed by atoms with Gasteiger partial charge in [-0.2, -0.15) is 0 Å². The van der Waals surface area contributed by atoms with Gasteiger partial charge < -0.3 is 10.1 Å². The van der Waals surface area contributed by atoms with Crippen LogP contribution in [0, 0.1) is 13.8 Å². The van der Waals surface area contributed by atoms with Gasteiger partial charge in [-0.1, -0.05) is 35.8 Å². The summed E-state index contributed by atoms with van der Waals surface area (Å²) >= 11 is 2.41. The van der Waals surface area contributed by atoms with E-state index in [2.05, 4.69) is 26.8 Å². The molecule has 0 aliphatic rings. The predicted molar refractivity (Wildman–Crippen MR) is 98.0 cm³/mol. The van der Waals surface area contributed by atoms with Crippen molar-refractivity contribution >= 4 is 40.1 Å². The number of ether oxygens (including phenoxy) is 1. The van der Waals surface area contributed by atoms with E-state index in [0.717, 1.165) is 22.1 Å². The maximum atomic E-state index is 12.3. The second-order valence-corrected chi connectivity index (χ2v) is 7.43. The zero-order valence-electron chi connectivity index (χ0n) is 14.1. The molecular weight excluding hydrogens is 360 g/mol. The van der Waals surface area contributed by atoms with E-state index in [1.54, 1.807) is 13.8 Å². The largest absolute Gasteiger partial charge is 0.457 e. The summed E-state index contributed by atoms with van der Waals surface area (Å²) in [5, 5.41) is 3.43. The molecule has 0 saturated heterocycles. The van der Waals surface area contributed by atoms with Gasteiger partial charge in [-0.05, 0) is 26.8 Å². The summed E-state index contributed by atoms with van der Waals surface area (Å²) in [7, 11) is 0. The molecule has 0 aromatic carbocycles. The van der Waals surface area contributed by atoms with E-state index < -0.39 is 5.97 Å². The standard InChI is InChI=1S/C16H18N4O3S2/c1-5-6-23-15(22)13-10(3)19-16(25-13)20-14(21)11(4)24-12-7-9(2)17-8-18-12/h5,7-8,11H,1,6H2,2-4H3,(H,19,20,21). The van der Waals surface area contributed by atoms with Gasteiger partial charge >= 0.3 is 5.97 Å². The average Bonchev–Trinajstić information content (AvgIpc) is 2.93. The lowest BCUT2D eigenvalue weighted by molar-refractivity contribution is -0.115. The van der Waals surface area contributed by atoms with Crippen LogP contribution in [-0.4, -0.2) is 38.7 Å². The number of thiazole rings is 1. The topological polar surface area (TPSA) is 94.1 Å². The van der Waals surface area contributed by atoms with Crippen LogP contribution in [-0.2, 0) is 9.53 Å². The fourth-order valence-electron chi connectivity index (χ4n) is 1.78. The molecule has 7 nitrogen and oxygen atoms in total. The third kappa shape index (κ3) is 5.36. The quantitative estimate of drug-likeness (QED) is 0.342. The third-order valence-electron chi connectivity index (χ3n) is 2.99. The van der Waals surface area contributed by atoms with Crippen molar-refractivity contribution in [2.75, 3.05) is 11.9 Å². The summed E-state index contributed by atoms with van der Waals surface area (Å²) < 4.78 is 5.00. The molecule has 2 aromatic heterocycles. The van der Waals surface area contributed by atoms with Crippen molar-refractivity contribution in [2.45, 2.75) is 31.0 Å². The first-order valence-electron chi connectivity index (χ1n) is 7.42. The molecule has 0 saturated carbocycles. The van der Waals surface area contributed by atoms with Crippen molar-refractivity contribution in [3.8, 4) is 0 Å². The number of esters is 1. The molecule has 1 amide bonds. The molecular formula is C16H18N4O3S2. The number of hydrogen-bond donors (Lipinski definition) is 1. The van der Waals surface area contributed by atoms with Gasteiger partial charge in [-0.25, -0.2) is 19.7 Å². The Bertz CT molecular complexity index is 791. The Morgan fingerprint density at radius 2 is 2.20 bits per heavy atom. The predicted octanol–water partition coefficient (Wildman–Crippen LogP) is 3.01. The molecule has 2 aromatic rings. The summed E-state index contributed by atoms with van der Waals surface area (Å²) in [6, 6.07) is 1.82. The maximum Gasteiger partial charge on any atom is 0.350 e. The summed E-state index contributed by atoms with van der Waals surface area (Å²) in [6.45, 7) is 8.95. The summed E-state index contributed by atoms with van der Waals surface area (Å²) in [4.78, 5) is 37.0. The first-order valence-corrected chi connectivity index (χ1v) is 9.12. The van der Waals surface area contributed by atoms with Crippen molar-refractivity contribution < 1.29 is 14.3 Å². The van der Waals surface area contributed by atoms with E-state index in [0.29, 0.717) is 15.7 Å². The minimum Gasteiger partial charge on any atom is -0.457 e. The minimum atomic E-state index is -0.478. The highest BCUT2D eigenvalue weighted by molar-refractivity contribution is 8.00. The highest BCUT2D eigenvalue weighted by Gasteiger charge is 2.20. The van der Waals surface area contributed by atoms with Crippen LogP contribution in [0.5, 0.6) is 0 Å². The lowest BCUT2D eigenvalue weighted by atomic mass is 10.4. The molecule has 0 fully saturated rings. The molecule has 132 valence electrons. The molecule has 1 unspecified atom stereocenters. The van der Waals surface area contributed by atoms with Gasteiger partial charge in [0.05, 0.1) is 10.9 Å². The number of hydrogen-bond acceptors (Lipinski definition) is 8. The summed E-state index contributed by atoms with van der Waals surface area (Å²) in [5.74, 6) is -0.699. The highest BCUT2D eigenvalue weighted by Crippen LogP contribution is 2.26. The van der Waals surface area contributed by atoms with Gasteiger partial charge in [0.25, 0.3) is 0 Å². The first-order chi connectivity index (χ1) is 11.9. The van der Waals surface area contributed by atoms with Crippen LogP contribution in [0.2, 0.25) is 0 Å². The first kappa shape index (κ1) is 19.1. The second-order valence-electron chi connectivity index (χ2n) is 5.07. The van der Waals surface area contributed by atoms with Crippen molar-refractivity contribution in [3.05, 3.63) is 41.3 Å². The van der Waals surface area contributed by atoms with Gasteiger partial charge in [-0.3, -0.25) is 4.79 Å². The van der Waals surface area contributed by atoms with Crippen LogP contribution in [0.15, 0.2) is 30.1 Å². The Labute approximate surface area is 153 Å². The summed E-state index contributed by atoms with van der Waals surface area (Å²) in [5.41, 5.74) is 1.35. The van der Waals surface area contributed by atoms with Crippen molar-refractivity contribution in [2.24, 2.45) is 0 Å². The van der Waals surface area contributed by atoms with Gasteiger partial charge in [0, 0.05) is 5.69 Å². The zero-order valence-corrected chi connectivity index (χ0v) is 15.7. The number of anilines is 1. The molecule has 0 aliphatic heterocycles. The Morgan fingerprint density at radius 3 is 2.88 bits per heavy atom. The Morgan fingerprint density at radius 1 is 1.44 bits per heavy atom. The average molecular weight is 378 g/mol. The van der Waals surface area contributed by atoms with Crippen LogP contribution in [0.1, 0.15) is 28.0 Å². The zero-order chi connectivity index (χ0) is 18.4. The summed E-state index contributed by atoms with van der Waals surface area (Å²) in [6.07, 6.45) is 2.96. The molecule has 0 radical (unpaired) electrons. The van der Waals surface area contributed by atoms with E-state index in [1.165, 1.54) is 24.2 Å². The number of carbonyl (C=O) groups is 2. The number of nitrogens with one attached hydrogen (secondary N) is 1. The van der Waals surface area contributed by atoms with Gasteiger partial charge in [-0.15, -0.1) is 0 Å². The number of aryl methyl sites for hydroxylation is 2. The molecule has 2 rings (SSSR count). The number of amides is 1. The lowest BCUT2D eigenvalue weighted by Crippen LogP contribution is -2.22. The van der Waals surface area contributed by atoms with E-state index in [1.807, 2.05) is 13.0 Å². The smallest absolute Gasteiger partial charge is 0.350 e. The monoisotopic (exact) mass is 378 g/mol. The van der Waals surface area contributed by atoms with Crippen molar-refractivity contribution in [1.29, 1.82) is 0 Å². The molecule has 0 spiro atoms. The van der Waals surface area contributed by atoms with Crippen molar-refractivity contribution in [3.63, 3.8) is 0 Å². The van der Waals surface area contributed by atoms with Gasteiger partial charge in [0.2, 0.25) is 5.91 Å². The van der Waals surface area contributed by atoms with E-state index >= 15 is 0 Å². The third-order valence-corrected chi connectivity index (χ3v) is 5.08. The van der Waals surface area contributed by atoms with E-state index in [-0.39, 0.29) is 17.8 Å². The lowest BCUT2D eigenvalue weighted by Gasteiger charge is -2.09. The van der Waals surface area contributed by atoms with Crippen LogP contribution in [0.3, 0.4) is 0 Å². The van der Waals surface area contributed by atoms with E-state index in [9.17, 15) is 9.59 Å². The highest BCUT2D eigenvalue weighted by atomic mass is 32.2. The van der Waals surface area contributed by atoms with Crippen LogP contribution < -0.4 is 5.32 Å². The Hall–Kier alpha value is -2.26. The molecule has 0 aliphatic carbocycles. The molecule has 1 N–H and O–H groups in total. The number of carbonyl (C=O) groups excluding carboxylic acids is 2. The van der Waals surface area contributed by atoms with Crippen LogP contribution in [0.25, 0.3) is 0 Å². The van der Waals surface area contributed by atoms with E-state index in [4.69, 9.17) is 4.74 Å². The number of rotatable bonds is 7. The number of thioether (sulfide) groups is 1. The Kier molecular flexibility index (Phi) is 6.65. The van der Waals surface area contributed by atoms with Gasteiger partial charge in [0.1, 0.15) is 22.8 Å². The maximum absolute atomic E-state index is 12.3. The normalized spacial score (nSPS) is 11.6. The minimum absolute atomic E-state index is 0.129. The molecule has 25 heavy (non-hydrogen) atoms. The molecule has 0 bridgehead atoms. The number of aromatic nitrogens is 3. The Balaban J connectivity index is 2.00. The van der Waals surface area contributed by atoms with Crippen LogP contribution >= 0.6 is 23.1 Å². The van der Waals surface area contributed by atoms with Crippen LogP contribution in [0.4, 0.5) is 5.13 Å². The second kappa shape index (κ2) is 8.72. The van der Waals surface area contributed by atoms with Gasteiger partial charge in [0.15, 0.2) is 5.13 Å². The molecule has 2 heterocycles. The number of nitrogens with zero attached hydrogens (tertiary/aromatic N) is 3. The molecule has 1 atom stereocenters. The van der Waals surface area contributed by atoms with Crippen molar-refractivity contribution in [1.82, 2.24) is 15.0 Å². The fourth-order valence-corrected chi connectivity index (χ4v) is 3.51.